The summed E-state index contributed by atoms with van der Waals surface area (Å²) in [4.78, 5) is 0. The van der Waals surface area contributed by atoms with Crippen molar-refractivity contribution in [1.82, 2.24) is 0 Å². The van der Waals surface area contributed by atoms with Crippen LogP contribution in [-0.2, 0) is 6.42 Å². The van der Waals surface area contributed by atoms with E-state index in [2.05, 4.69) is 61.5 Å². The molecule has 0 aliphatic heterocycles. The van der Waals surface area contributed by atoms with Crippen molar-refractivity contribution in [2.45, 2.75) is 58.3 Å². The van der Waals surface area contributed by atoms with Crippen LogP contribution in [-0.4, -0.2) is 5.11 Å². The predicted molar refractivity (Wildman–Crippen MR) is 121 cm³/mol. The van der Waals surface area contributed by atoms with Crippen LogP contribution in [0.1, 0.15) is 57.4 Å². The minimum Gasteiger partial charge on any atom is -0.508 e. The molecule has 3 aromatic carbocycles. The molecule has 1 heteroatoms. The molecule has 0 aromatic heterocycles. The lowest BCUT2D eigenvalue weighted by atomic mass is 9.88. The number of unbranched alkanes of at least 4 members (excludes halogenated alkanes) is 6. The van der Waals surface area contributed by atoms with Crippen molar-refractivity contribution in [3.05, 3.63) is 78.4 Å². The third-order valence-electron chi connectivity index (χ3n) is 5.47. The zero-order valence-corrected chi connectivity index (χ0v) is 17.0. The average Bonchev–Trinajstić information content (AvgIpc) is 2.75. The van der Waals surface area contributed by atoms with E-state index in [1.165, 1.54) is 60.8 Å². The van der Waals surface area contributed by atoms with Crippen molar-refractivity contribution in [3.63, 3.8) is 0 Å². The SMILES string of the molecule is CCCCCCCCCc1c(O)ccc(-c2ccccc2)c1-c1ccccc1. The second-order valence-corrected chi connectivity index (χ2v) is 7.59. The summed E-state index contributed by atoms with van der Waals surface area (Å²) in [5.41, 5.74) is 5.83. The molecule has 3 rings (SSSR count). The van der Waals surface area contributed by atoms with Crippen LogP contribution in [0.2, 0.25) is 0 Å². The Kier molecular flexibility index (Phi) is 7.72. The summed E-state index contributed by atoms with van der Waals surface area (Å²) >= 11 is 0. The molecule has 146 valence electrons. The molecule has 1 N–H and O–H groups in total. The highest BCUT2D eigenvalue weighted by atomic mass is 16.3. The quantitative estimate of drug-likeness (QED) is 0.357. The van der Waals surface area contributed by atoms with Crippen LogP contribution in [0.5, 0.6) is 5.75 Å². The number of phenols is 1. The monoisotopic (exact) mass is 372 g/mol. The molecule has 0 bridgehead atoms. The summed E-state index contributed by atoms with van der Waals surface area (Å²) in [7, 11) is 0. The Bertz CT molecular complexity index is 837. The van der Waals surface area contributed by atoms with Gasteiger partial charge in [-0.3, -0.25) is 0 Å². The van der Waals surface area contributed by atoms with Gasteiger partial charge in [-0.1, -0.05) is 112 Å². The van der Waals surface area contributed by atoms with Crippen molar-refractivity contribution in [2.75, 3.05) is 0 Å². The smallest absolute Gasteiger partial charge is 0.119 e. The van der Waals surface area contributed by atoms with Gasteiger partial charge in [0.1, 0.15) is 5.75 Å². The Balaban J connectivity index is 1.86. The van der Waals surface area contributed by atoms with E-state index in [0.29, 0.717) is 5.75 Å². The van der Waals surface area contributed by atoms with Gasteiger partial charge in [0.25, 0.3) is 0 Å². The van der Waals surface area contributed by atoms with Crippen molar-refractivity contribution < 1.29 is 5.11 Å². The summed E-state index contributed by atoms with van der Waals surface area (Å²) in [6, 6.07) is 24.9. The highest BCUT2D eigenvalue weighted by molar-refractivity contribution is 5.87. The molecule has 3 aromatic rings. The zero-order chi connectivity index (χ0) is 19.6. The molecule has 0 aliphatic rings. The van der Waals surface area contributed by atoms with Gasteiger partial charge in [0.05, 0.1) is 0 Å². The van der Waals surface area contributed by atoms with Gasteiger partial charge in [-0.25, -0.2) is 0 Å². The molecule has 0 atom stereocenters. The fourth-order valence-corrected chi connectivity index (χ4v) is 3.94. The first-order valence-electron chi connectivity index (χ1n) is 10.8. The lowest BCUT2D eigenvalue weighted by molar-refractivity contribution is 0.466. The standard InChI is InChI=1S/C27H32O/c1-2-3-4-5-6-7-14-19-25-26(28)21-20-24(22-15-10-8-11-16-22)27(25)23-17-12-9-13-18-23/h8-13,15-18,20-21,28H,2-7,14,19H2,1H3. The summed E-state index contributed by atoms with van der Waals surface area (Å²) in [6.45, 7) is 2.26. The molecule has 0 spiro atoms. The largest absolute Gasteiger partial charge is 0.508 e. The summed E-state index contributed by atoms with van der Waals surface area (Å²) in [5.74, 6) is 0.421. The van der Waals surface area contributed by atoms with E-state index in [1.807, 2.05) is 18.2 Å². The van der Waals surface area contributed by atoms with Crippen LogP contribution < -0.4 is 0 Å². The first-order chi connectivity index (χ1) is 13.8. The third kappa shape index (κ3) is 5.25. The van der Waals surface area contributed by atoms with Crippen LogP contribution in [0, 0.1) is 0 Å². The van der Waals surface area contributed by atoms with E-state index in [0.717, 1.165) is 18.4 Å². The maximum atomic E-state index is 10.7. The summed E-state index contributed by atoms with van der Waals surface area (Å²) in [5, 5.41) is 10.7. The van der Waals surface area contributed by atoms with Crippen LogP contribution >= 0.6 is 0 Å². The maximum absolute atomic E-state index is 10.7. The number of benzene rings is 3. The number of hydrogen-bond donors (Lipinski definition) is 1. The molecule has 0 amide bonds. The normalized spacial score (nSPS) is 10.9. The van der Waals surface area contributed by atoms with E-state index in [1.54, 1.807) is 0 Å². The molecule has 0 unspecified atom stereocenters. The van der Waals surface area contributed by atoms with Gasteiger partial charge >= 0.3 is 0 Å². The first-order valence-corrected chi connectivity index (χ1v) is 10.8. The predicted octanol–water partition coefficient (Wildman–Crippen LogP) is 8.02. The summed E-state index contributed by atoms with van der Waals surface area (Å²) < 4.78 is 0. The summed E-state index contributed by atoms with van der Waals surface area (Å²) in [6.07, 6.45) is 9.88. The highest BCUT2D eigenvalue weighted by Gasteiger charge is 2.15. The highest BCUT2D eigenvalue weighted by Crippen LogP contribution is 2.39. The fraction of sp³-hybridized carbons (Fsp3) is 0.333. The molecule has 0 fully saturated rings. The van der Waals surface area contributed by atoms with E-state index in [4.69, 9.17) is 0 Å². The number of aromatic hydroxyl groups is 1. The van der Waals surface area contributed by atoms with Crippen LogP contribution in [0.3, 0.4) is 0 Å². The van der Waals surface area contributed by atoms with Gasteiger partial charge in [0.15, 0.2) is 0 Å². The molecule has 0 radical (unpaired) electrons. The number of rotatable bonds is 10. The van der Waals surface area contributed by atoms with E-state index in [-0.39, 0.29) is 0 Å². The maximum Gasteiger partial charge on any atom is 0.119 e. The topological polar surface area (TPSA) is 20.2 Å². The van der Waals surface area contributed by atoms with Crippen LogP contribution in [0.25, 0.3) is 22.3 Å². The second kappa shape index (κ2) is 10.7. The minimum atomic E-state index is 0.421. The minimum absolute atomic E-state index is 0.421. The third-order valence-corrected chi connectivity index (χ3v) is 5.47. The van der Waals surface area contributed by atoms with Gasteiger partial charge in [-0.15, -0.1) is 0 Å². The van der Waals surface area contributed by atoms with Gasteiger partial charge in [-0.2, -0.15) is 0 Å². The first kappa shape index (κ1) is 20.2. The van der Waals surface area contributed by atoms with Crippen molar-refractivity contribution in [1.29, 1.82) is 0 Å². The average molecular weight is 373 g/mol. The van der Waals surface area contributed by atoms with Gasteiger partial charge in [-0.05, 0) is 41.2 Å². The molecule has 0 saturated heterocycles. The number of hydrogen-bond acceptors (Lipinski definition) is 1. The van der Waals surface area contributed by atoms with Crippen molar-refractivity contribution in [2.24, 2.45) is 0 Å². The van der Waals surface area contributed by atoms with E-state index >= 15 is 0 Å². The number of phenolic OH excluding ortho intramolecular Hbond substituents is 1. The molecule has 0 saturated carbocycles. The lowest BCUT2D eigenvalue weighted by Gasteiger charge is -2.17. The van der Waals surface area contributed by atoms with Crippen molar-refractivity contribution in [3.8, 4) is 28.0 Å². The van der Waals surface area contributed by atoms with Gasteiger partial charge in [0.2, 0.25) is 0 Å². The molecule has 1 nitrogen and oxygen atoms in total. The Hall–Kier alpha value is -2.54. The van der Waals surface area contributed by atoms with E-state index < -0.39 is 0 Å². The lowest BCUT2D eigenvalue weighted by Crippen LogP contribution is -1.96. The fourth-order valence-electron chi connectivity index (χ4n) is 3.94. The van der Waals surface area contributed by atoms with Crippen molar-refractivity contribution >= 4 is 0 Å². The Labute approximate surface area is 170 Å². The molecular weight excluding hydrogens is 340 g/mol. The Morgan fingerprint density at radius 3 is 1.82 bits per heavy atom. The molecule has 0 heterocycles. The van der Waals surface area contributed by atoms with Crippen LogP contribution in [0.4, 0.5) is 0 Å². The van der Waals surface area contributed by atoms with Gasteiger partial charge in [0, 0.05) is 5.56 Å². The Morgan fingerprint density at radius 2 is 1.18 bits per heavy atom. The zero-order valence-electron chi connectivity index (χ0n) is 17.0. The van der Waals surface area contributed by atoms with Gasteiger partial charge < -0.3 is 5.11 Å². The second-order valence-electron chi connectivity index (χ2n) is 7.59. The van der Waals surface area contributed by atoms with E-state index in [9.17, 15) is 5.11 Å². The molecule has 0 aliphatic carbocycles. The van der Waals surface area contributed by atoms with Crippen LogP contribution in [0.15, 0.2) is 72.8 Å². The molecule has 28 heavy (non-hydrogen) atoms. The molecular formula is C27H32O. The Morgan fingerprint density at radius 1 is 0.607 bits per heavy atom.